The molecule has 0 N–H and O–H groups in total. The highest BCUT2D eigenvalue weighted by atomic mass is 32.2. The summed E-state index contributed by atoms with van der Waals surface area (Å²) in [4.78, 5) is 20.5. The van der Waals surface area contributed by atoms with E-state index in [0.717, 1.165) is 51.9 Å². The van der Waals surface area contributed by atoms with Gasteiger partial charge in [-0.15, -0.1) is 11.3 Å². The summed E-state index contributed by atoms with van der Waals surface area (Å²) in [7, 11) is 0. The number of benzene rings is 2. The summed E-state index contributed by atoms with van der Waals surface area (Å²) in [6.45, 7) is 3.55. The third kappa shape index (κ3) is 3.93. The van der Waals surface area contributed by atoms with E-state index in [0.29, 0.717) is 16.5 Å². The Kier molecular flexibility index (Phi) is 5.65. The van der Waals surface area contributed by atoms with Gasteiger partial charge < -0.3 is 4.74 Å². The summed E-state index contributed by atoms with van der Waals surface area (Å²) in [5.41, 5.74) is 2.36. The summed E-state index contributed by atoms with van der Waals surface area (Å²) in [5.74, 6) is 1.04. The predicted molar refractivity (Wildman–Crippen MR) is 125 cm³/mol. The summed E-state index contributed by atoms with van der Waals surface area (Å²) in [5, 5.41) is 1.29. The van der Waals surface area contributed by atoms with Crippen LogP contribution in [0.15, 0.2) is 64.5 Å². The van der Waals surface area contributed by atoms with E-state index in [-0.39, 0.29) is 11.4 Å². The van der Waals surface area contributed by atoms with Crippen LogP contribution in [0, 0.1) is 18.7 Å². The van der Waals surface area contributed by atoms with Gasteiger partial charge >= 0.3 is 0 Å². The van der Waals surface area contributed by atoms with Crippen molar-refractivity contribution in [1.82, 2.24) is 9.55 Å². The van der Waals surface area contributed by atoms with Gasteiger partial charge in [-0.3, -0.25) is 9.36 Å². The lowest BCUT2D eigenvalue weighted by Crippen LogP contribution is -2.22. The number of thioether (sulfide) groups is 1. The number of fused-ring (bicyclic) bond motifs is 1. The number of hydrogen-bond acceptors (Lipinski definition) is 5. The first-order chi connectivity index (χ1) is 15.1. The fourth-order valence-electron chi connectivity index (χ4n) is 3.92. The van der Waals surface area contributed by atoms with Gasteiger partial charge in [0.2, 0.25) is 0 Å². The van der Waals surface area contributed by atoms with Crippen LogP contribution in [0.2, 0.25) is 0 Å². The normalized spacial score (nSPS) is 16.3. The van der Waals surface area contributed by atoms with E-state index in [1.165, 1.54) is 23.5 Å². The van der Waals surface area contributed by atoms with Crippen LogP contribution in [-0.4, -0.2) is 28.5 Å². The Bertz CT molecular complexity index is 1280. The molecule has 4 aromatic rings. The standard InChI is InChI=1S/C24H21FN2O2S2/c1-15-20(17-7-9-18(25)10-8-17)21-22(31-15)26-24(30-14-16-11-12-29-13-16)27(23(21)28)19-5-3-2-4-6-19/h2-10,16H,11-14H2,1H3. The maximum absolute atomic E-state index is 13.8. The number of aromatic nitrogens is 2. The summed E-state index contributed by atoms with van der Waals surface area (Å²) in [6.07, 6.45) is 1.04. The molecule has 0 saturated carbocycles. The minimum atomic E-state index is -0.296. The van der Waals surface area contributed by atoms with Crippen molar-refractivity contribution < 1.29 is 9.13 Å². The van der Waals surface area contributed by atoms with Crippen LogP contribution in [0.1, 0.15) is 11.3 Å². The zero-order valence-corrected chi connectivity index (χ0v) is 18.6. The van der Waals surface area contributed by atoms with Gasteiger partial charge in [0.1, 0.15) is 10.6 Å². The van der Waals surface area contributed by atoms with Gasteiger partial charge in [0, 0.05) is 22.8 Å². The molecule has 3 heterocycles. The molecule has 0 radical (unpaired) electrons. The number of halogens is 1. The number of ether oxygens (including phenoxy) is 1. The second kappa shape index (κ2) is 8.57. The third-order valence-corrected chi connectivity index (χ3v) is 7.66. The Hall–Kier alpha value is -2.48. The van der Waals surface area contributed by atoms with E-state index in [9.17, 15) is 9.18 Å². The van der Waals surface area contributed by atoms with Crippen LogP contribution in [-0.2, 0) is 4.74 Å². The highest BCUT2D eigenvalue weighted by molar-refractivity contribution is 7.99. The van der Waals surface area contributed by atoms with Gasteiger partial charge in [-0.05, 0) is 49.1 Å². The Morgan fingerprint density at radius 3 is 2.68 bits per heavy atom. The van der Waals surface area contributed by atoms with Crippen LogP contribution >= 0.6 is 23.1 Å². The molecule has 0 bridgehead atoms. The average Bonchev–Trinajstić information content (AvgIpc) is 3.41. The lowest BCUT2D eigenvalue weighted by molar-refractivity contribution is 0.189. The third-order valence-electron chi connectivity index (χ3n) is 5.49. The molecule has 0 aliphatic carbocycles. The first-order valence-electron chi connectivity index (χ1n) is 10.2. The van der Waals surface area contributed by atoms with Crippen LogP contribution in [0.5, 0.6) is 0 Å². The fraction of sp³-hybridized carbons (Fsp3) is 0.250. The Balaban J connectivity index is 1.70. The van der Waals surface area contributed by atoms with Gasteiger partial charge in [-0.25, -0.2) is 9.37 Å². The SMILES string of the molecule is Cc1sc2nc(SCC3CCOC3)n(-c3ccccc3)c(=O)c2c1-c1ccc(F)cc1. The van der Waals surface area contributed by atoms with Gasteiger partial charge in [0.05, 0.1) is 17.7 Å². The van der Waals surface area contributed by atoms with Crippen molar-refractivity contribution in [3.05, 3.63) is 75.6 Å². The molecule has 7 heteroatoms. The number of hydrogen-bond donors (Lipinski definition) is 0. The zero-order chi connectivity index (χ0) is 21.4. The van der Waals surface area contributed by atoms with Crippen molar-refractivity contribution in [3.8, 4) is 16.8 Å². The highest BCUT2D eigenvalue weighted by Gasteiger charge is 2.22. The summed E-state index contributed by atoms with van der Waals surface area (Å²) in [6, 6.07) is 15.9. The maximum Gasteiger partial charge on any atom is 0.268 e. The first kappa shape index (κ1) is 20.4. The molecule has 158 valence electrons. The molecular weight excluding hydrogens is 431 g/mol. The van der Waals surface area contributed by atoms with Gasteiger partial charge in [-0.2, -0.15) is 0 Å². The first-order valence-corrected chi connectivity index (χ1v) is 12.0. The topological polar surface area (TPSA) is 44.1 Å². The quantitative estimate of drug-likeness (QED) is 0.288. The lowest BCUT2D eigenvalue weighted by Gasteiger charge is -2.14. The van der Waals surface area contributed by atoms with Crippen molar-refractivity contribution >= 4 is 33.3 Å². The van der Waals surface area contributed by atoms with E-state index < -0.39 is 0 Å². The highest BCUT2D eigenvalue weighted by Crippen LogP contribution is 2.37. The molecule has 1 saturated heterocycles. The van der Waals surface area contributed by atoms with Crippen molar-refractivity contribution in [1.29, 1.82) is 0 Å². The van der Waals surface area contributed by atoms with Gasteiger partial charge in [0.15, 0.2) is 5.16 Å². The molecule has 31 heavy (non-hydrogen) atoms. The molecule has 1 atom stereocenters. The number of para-hydroxylation sites is 1. The second-order valence-electron chi connectivity index (χ2n) is 7.63. The molecule has 4 nitrogen and oxygen atoms in total. The van der Waals surface area contributed by atoms with Crippen molar-refractivity contribution in [2.24, 2.45) is 5.92 Å². The van der Waals surface area contributed by atoms with E-state index in [1.54, 1.807) is 28.5 Å². The van der Waals surface area contributed by atoms with Crippen LogP contribution in [0.3, 0.4) is 0 Å². The lowest BCUT2D eigenvalue weighted by atomic mass is 10.0. The van der Waals surface area contributed by atoms with E-state index in [1.807, 2.05) is 37.3 Å². The Labute approximate surface area is 187 Å². The van der Waals surface area contributed by atoms with Gasteiger partial charge in [-0.1, -0.05) is 42.1 Å². The van der Waals surface area contributed by atoms with E-state index in [4.69, 9.17) is 9.72 Å². The van der Waals surface area contributed by atoms with Crippen LogP contribution in [0.25, 0.3) is 27.0 Å². The predicted octanol–water partition coefficient (Wildman–Crippen LogP) is 5.69. The molecule has 2 aromatic heterocycles. The largest absolute Gasteiger partial charge is 0.381 e. The van der Waals surface area contributed by atoms with E-state index >= 15 is 0 Å². The Morgan fingerprint density at radius 2 is 1.97 bits per heavy atom. The Morgan fingerprint density at radius 1 is 1.19 bits per heavy atom. The molecule has 1 aliphatic rings. The summed E-state index contributed by atoms with van der Waals surface area (Å²) < 4.78 is 20.7. The zero-order valence-electron chi connectivity index (χ0n) is 17.0. The molecule has 1 fully saturated rings. The monoisotopic (exact) mass is 452 g/mol. The number of aryl methyl sites for hydroxylation is 1. The second-order valence-corrected chi connectivity index (χ2v) is 9.82. The molecule has 5 rings (SSSR count). The fourth-order valence-corrected chi connectivity index (χ4v) is 6.13. The molecule has 0 amide bonds. The van der Waals surface area contributed by atoms with Gasteiger partial charge in [0.25, 0.3) is 5.56 Å². The average molecular weight is 453 g/mol. The number of nitrogens with zero attached hydrogens (tertiary/aromatic N) is 2. The molecule has 1 aliphatic heterocycles. The molecular formula is C24H21FN2O2S2. The van der Waals surface area contributed by atoms with Crippen molar-refractivity contribution in [3.63, 3.8) is 0 Å². The van der Waals surface area contributed by atoms with E-state index in [2.05, 4.69) is 0 Å². The molecule has 2 aromatic carbocycles. The van der Waals surface area contributed by atoms with Crippen molar-refractivity contribution in [2.45, 2.75) is 18.5 Å². The smallest absolute Gasteiger partial charge is 0.268 e. The van der Waals surface area contributed by atoms with Crippen molar-refractivity contribution in [2.75, 3.05) is 19.0 Å². The van der Waals surface area contributed by atoms with Crippen LogP contribution in [0.4, 0.5) is 4.39 Å². The van der Waals surface area contributed by atoms with Crippen LogP contribution < -0.4 is 5.56 Å². The minimum absolute atomic E-state index is 0.0925. The summed E-state index contributed by atoms with van der Waals surface area (Å²) >= 11 is 3.12. The molecule has 0 spiro atoms. The number of rotatable bonds is 5. The molecule has 1 unspecified atom stereocenters. The minimum Gasteiger partial charge on any atom is -0.381 e. The maximum atomic E-state index is 13.8. The number of thiophene rings is 1.